The highest BCUT2D eigenvalue weighted by atomic mass is 35.5. The minimum Gasteiger partial charge on any atom is -0.383 e. The predicted molar refractivity (Wildman–Crippen MR) is 125 cm³/mol. The Balaban J connectivity index is 2.02. The number of hydrogen-bond acceptors (Lipinski definition) is 5. The first kappa shape index (κ1) is 21.3. The van der Waals surface area contributed by atoms with E-state index in [4.69, 9.17) is 17.3 Å². The summed E-state index contributed by atoms with van der Waals surface area (Å²) in [6.45, 7) is 0.254. The maximum Gasteiger partial charge on any atom is 0.332 e. The zero-order valence-corrected chi connectivity index (χ0v) is 18.2. The molecule has 2 aromatic carbocycles. The third-order valence-corrected chi connectivity index (χ3v) is 5.61. The highest BCUT2D eigenvalue weighted by Gasteiger charge is 2.26. The molecule has 4 rings (SSSR count). The second-order valence-electron chi connectivity index (χ2n) is 7.30. The summed E-state index contributed by atoms with van der Waals surface area (Å²) in [5.74, 6) is -0.618. The maximum atomic E-state index is 13.3. The maximum absolute atomic E-state index is 13.3. The fraction of sp³-hybridized carbons (Fsp3) is 0.130. The second-order valence-corrected chi connectivity index (χ2v) is 7.71. The van der Waals surface area contributed by atoms with E-state index >= 15 is 0 Å². The lowest BCUT2D eigenvalue weighted by atomic mass is 9.96. The van der Waals surface area contributed by atoms with Crippen molar-refractivity contribution in [3.63, 3.8) is 0 Å². The average Bonchev–Trinajstić information content (AvgIpc) is 2.80. The Morgan fingerprint density at radius 3 is 2.38 bits per heavy atom. The summed E-state index contributed by atoms with van der Waals surface area (Å²) < 4.78 is 2.19. The van der Waals surface area contributed by atoms with E-state index < -0.39 is 17.2 Å². The van der Waals surface area contributed by atoms with Crippen LogP contribution in [-0.4, -0.2) is 20.0 Å². The van der Waals surface area contributed by atoms with Crippen molar-refractivity contribution < 1.29 is 4.79 Å². The quantitative estimate of drug-likeness (QED) is 0.497. The van der Waals surface area contributed by atoms with Crippen LogP contribution in [0.15, 0.2) is 64.2 Å². The van der Waals surface area contributed by atoms with E-state index in [0.29, 0.717) is 10.6 Å². The Morgan fingerprint density at radius 1 is 1.03 bits per heavy atom. The Morgan fingerprint density at radius 2 is 1.69 bits per heavy atom. The number of carbonyl (C=O) groups is 1. The lowest BCUT2D eigenvalue weighted by molar-refractivity contribution is 0.0952. The van der Waals surface area contributed by atoms with E-state index in [0.717, 1.165) is 10.1 Å². The van der Waals surface area contributed by atoms with Gasteiger partial charge in [-0.15, -0.1) is 0 Å². The number of nitrogen functional groups attached to an aromatic ring is 1. The molecule has 9 heteroatoms. The van der Waals surface area contributed by atoms with E-state index in [1.165, 1.54) is 18.7 Å². The zero-order chi connectivity index (χ0) is 23.0. The molecule has 3 N–H and O–H groups in total. The number of carbonyl (C=O) groups excluding carboxylic acids is 1. The first-order chi connectivity index (χ1) is 15.3. The summed E-state index contributed by atoms with van der Waals surface area (Å²) in [6.07, 6.45) is 0. The number of nitrogens with two attached hydrogens (primary N) is 1. The number of nitrogens with one attached hydrogen (secondary N) is 1. The number of amides is 1. The monoisotopic (exact) mass is 449 g/mol. The van der Waals surface area contributed by atoms with Crippen molar-refractivity contribution in [3.05, 3.63) is 91.6 Å². The molecule has 1 amide bonds. The smallest absolute Gasteiger partial charge is 0.332 e. The molecule has 32 heavy (non-hydrogen) atoms. The molecule has 0 saturated heterocycles. The first-order valence-electron chi connectivity index (χ1n) is 9.77. The van der Waals surface area contributed by atoms with E-state index in [1.54, 1.807) is 24.3 Å². The number of rotatable bonds is 4. The number of benzene rings is 2. The number of aromatic nitrogens is 3. The van der Waals surface area contributed by atoms with Gasteiger partial charge in [-0.2, -0.15) is 0 Å². The number of nitrogens with zero attached hydrogens (tertiary/aromatic N) is 3. The number of fused-ring (bicyclic) bond motifs is 1. The van der Waals surface area contributed by atoms with Crippen LogP contribution in [-0.2, 0) is 20.6 Å². The lowest BCUT2D eigenvalue weighted by Crippen LogP contribution is -2.38. The van der Waals surface area contributed by atoms with Crippen LogP contribution >= 0.6 is 11.6 Å². The van der Waals surface area contributed by atoms with Gasteiger partial charge in [0.05, 0.1) is 10.9 Å². The van der Waals surface area contributed by atoms with E-state index in [2.05, 4.69) is 10.3 Å². The summed E-state index contributed by atoms with van der Waals surface area (Å²) in [5.41, 5.74) is 6.73. The Hall–Kier alpha value is -3.91. The number of pyridine rings is 1. The molecule has 0 aliphatic carbocycles. The lowest BCUT2D eigenvalue weighted by Gasteiger charge is -2.17. The van der Waals surface area contributed by atoms with Gasteiger partial charge in [0.2, 0.25) is 0 Å². The summed E-state index contributed by atoms with van der Waals surface area (Å²) in [7, 11) is 2.86. The normalized spacial score (nSPS) is 11.0. The van der Waals surface area contributed by atoms with Crippen LogP contribution in [0.5, 0.6) is 0 Å². The van der Waals surface area contributed by atoms with Gasteiger partial charge in [0.25, 0.3) is 11.5 Å². The molecule has 8 nitrogen and oxygen atoms in total. The fourth-order valence-electron chi connectivity index (χ4n) is 3.64. The summed E-state index contributed by atoms with van der Waals surface area (Å²) in [4.78, 5) is 43.2. The van der Waals surface area contributed by atoms with Gasteiger partial charge in [0.1, 0.15) is 5.82 Å². The molecular weight excluding hydrogens is 430 g/mol. The van der Waals surface area contributed by atoms with Crippen molar-refractivity contribution in [2.24, 2.45) is 14.1 Å². The highest BCUT2D eigenvalue weighted by Crippen LogP contribution is 2.36. The standard InChI is InChI=1S/C23H20ClN5O3/c1-28-20-18(22(31)29(2)23(28)32)16(14-10-6-7-11-15(14)24)17(19(25)27-20)21(30)26-12-13-8-4-3-5-9-13/h3-11H,12H2,1-2H3,(H2,25,27)(H,26,30). The molecule has 0 atom stereocenters. The largest absolute Gasteiger partial charge is 0.383 e. The molecule has 0 radical (unpaired) electrons. The third kappa shape index (κ3) is 3.54. The first-order valence-corrected chi connectivity index (χ1v) is 10.1. The average molecular weight is 450 g/mol. The van der Waals surface area contributed by atoms with Crippen LogP contribution in [0.3, 0.4) is 0 Å². The summed E-state index contributed by atoms with van der Waals surface area (Å²) in [6, 6.07) is 16.2. The number of hydrogen-bond donors (Lipinski definition) is 2. The van der Waals surface area contributed by atoms with Crippen LogP contribution in [0, 0.1) is 0 Å². The number of halogens is 1. The molecule has 0 bridgehead atoms. The number of anilines is 1. The van der Waals surface area contributed by atoms with Gasteiger partial charge in [0, 0.05) is 36.8 Å². The van der Waals surface area contributed by atoms with E-state index in [-0.39, 0.29) is 34.5 Å². The van der Waals surface area contributed by atoms with Gasteiger partial charge >= 0.3 is 5.69 Å². The fourth-order valence-corrected chi connectivity index (χ4v) is 3.87. The van der Waals surface area contributed by atoms with Crippen LogP contribution in [0.4, 0.5) is 5.82 Å². The Labute approximate surface area is 187 Å². The van der Waals surface area contributed by atoms with Crippen molar-refractivity contribution in [2.45, 2.75) is 6.54 Å². The Bertz CT molecular complexity index is 1480. The molecule has 162 valence electrons. The van der Waals surface area contributed by atoms with Crippen molar-refractivity contribution in [2.75, 3.05) is 5.73 Å². The molecular formula is C23H20ClN5O3. The van der Waals surface area contributed by atoms with Gasteiger partial charge in [0.15, 0.2) is 5.65 Å². The van der Waals surface area contributed by atoms with Crippen molar-refractivity contribution in [3.8, 4) is 11.1 Å². The Kier molecular flexibility index (Phi) is 5.54. The number of aryl methyl sites for hydroxylation is 1. The van der Waals surface area contributed by atoms with Gasteiger partial charge in [-0.1, -0.05) is 60.1 Å². The minimum atomic E-state index is -0.595. The molecule has 0 unspecified atom stereocenters. The highest BCUT2D eigenvalue weighted by molar-refractivity contribution is 6.34. The van der Waals surface area contributed by atoms with Crippen LogP contribution in [0.2, 0.25) is 5.02 Å². The predicted octanol–water partition coefficient (Wildman–Crippen LogP) is 2.46. The molecule has 0 spiro atoms. The zero-order valence-electron chi connectivity index (χ0n) is 17.4. The van der Waals surface area contributed by atoms with Crippen LogP contribution in [0.25, 0.3) is 22.2 Å². The van der Waals surface area contributed by atoms with E-state index in [1.807, 2.05) is 30.3 Å². The molecule has 0 saturated carbocycles. The SMILES string of the molecule is Cn1c(=O)c2c(-c3ccccc3Cl)c(C(=O)NCc3ccccc3)c(N)nc2n(C)c1=O. The van der Waals surface area contributed by atoms with Crippen molar-refractivity contribution >= 4 is 34.4 Å². The molecule has 0 aliphatic heterocycles. The van der Waals surface area contributed by atoms with Gasteiger partial charge < -0.3 is 11.1 Å². The topological polar surface area (TPSA) is 112 Å². The molecule has 0 aliphatic rings. The second kappa shape index (κ2) is 8.32. The molecule has 2 aromatic heterocycles. The van der Waals surface area contributed by atoms with Crippen LogP contribution < -0.4 is 22.3 Å². The molecule has 4 aromatic rings. The van der Waals surface area contributed by atoms with Gasteiger partial charge in [-0.3, -0.25) is 18.7 Å². The molecule has 0 fully saturated rings. The van der Waals surface area contributed by atoms with Gasteiger partial charge in [-0.25, -0.2) is 9.78 Å². The minimum absolute atomic E-state index is 0.0253. The van der Waals surface area contributed by atoms with Gasteiger partial charge in [-0.05, 0) is 11.6 Å². The van der Waals surface area contributed by atoms with E-state index in [9.17, 15) is 14.4 Å². The van der Waals surface area contributed by atoms with Crippen LogP contribution in [0.1, 0.15) is 15.9 Å². The van der Waals surface area contributed by atoms with Crippen molar-refractivity contribution in [1.29, 1.82) is 0 Å². The molecule has 2 heterocycles. The van der Waals surface area contributed by atoms with Crippen molar-refractivity contribution in [1.82, 2.24) is 19.4 Å². The summed E-state index contributed by atoms with van der Waals surface area (Å²) in [5, 5.41) is 3.24. The third-order valence-electron chi connectivity index (χ3n) is 5.28. The summed E-state index contributed by atoms with van der Waals surface area (Å²) >= 11 is 6.45.